The zero-order chi connectivity index (χ0) is 22.7. The molecule has 4 rings (SSSR count). The van der Waals surface area contributed by atoms with Crippen molar-refractivity contribution < 1.29 is 23.8 Å². The minimum absolute atomic E-state index is 0.0854. The molecule has 0 spiro atoms. The van der Waals surface area contributed by atoms with Gasteiger partial charge in [0, 0.05) is 25.8 Å². The van der Waals surface area contributed by atoms with E-state index in [9.17, 15) is 9.59 Å². The van der Waals surface area contributed by atoms with Crippen LogP contribution in [0.4, 0.5) is 5.69 Å². The molecule has 1 aliphatic carbocycles. The lowest BCUT2D eigenvalue weighted by Gasteiger charge is -2.35. The highest BCUT2D eigenvalue weighted by Crippen LogP contribution is 2.41. The van der Waals surface area contributed by atoms with Crippen molar-refractivity contribution in [2.45, 2.75) is 32.6 Å². The summed E-state index contributed by atoms with van der Waals surface area (Å²) in [6.45, 7) is 4.03. The molecule has 1 unspecified atom stereocenters. The van der Waals surface area contributed by atoms with Gasteiger partial charge in [-0.1, -0.05) is 0 Å². The number of methoxy groups -OCH3 is 2. The number of esters is 1. The molecule has 1 N–H and O–H groups in total. The highest BCUT2D eigenvalue weighted by atomic mass is 16.5. The predicted molar refractivity (Wildman–Crippen MR) is 121 cm³/mol. The second-order valence-electron chi connectivity index (χ2n) is 8.41. The topological polar surface area (TPSA) is 90.0 Å². The third-order valence-corrected chi connectivity index (χ3v) is 6.22. The monoisotopic (exact) mass is 441 g/mol. The van der Waals surface area contributed by atoms with E-state index in [2.05, 4.69) is 15.2 Å². The normalized spacial score (nSPS) is 18.3. The lowest BCUT2D eigenvalue weighted by Crippen LogP contribution is -2.44. The van der Waals surface area contributed by atoms with Gasteiger partial charge >= 0.3 is 5.97 Å². The molecule has 0 bridgehead atoms. The van der Waals surface area contributed by atoms with Crippen LogP contribution in [-0.4, -0.2) is 57.3 Å². The first-order valence-electron chi connectivity index (χ1n) is 11.3. The maximum Gasteiger partial charge on any atom is 0.341 e. The zero-order valence-electron chi connectivity index (χ0n) is 19.0. The van der Waals surface area contributed by atoms with Gasteiger partial charge in [0.25, 0.3) is 0 Å². The van der Waals surface area contributed by atoms with Crippen molar-refractivity contribution in [3.63, 3.8) is 0 Å². The second kappa shape index (κ2) is 9.63. The average molecular weight is 442 g/mol. The molecule has 2 aliphatic rings. The van der Waals surface area contributed by atoms with Crippen LogP contribution in [-0.2, 0) is 9.53 Å². The summed E-state index contributed by atoms with van der Waals surface area (Å²) in [5, 5.41) is 3.80. The number of carbonyl (C=O) groups excluding carboxylic acids is 2. The van der Waals surface area contributed by atoms with Gasteiger partial charge in [-0.25, -0.2) is 4.79 Å². The number of benzene rings is 1. The van der Waals surface area contributed by atoms with Crippen LogP contribution in [0.5, 0.6) is 11.5 Å². The van der Waals surface area contributed by atoms with Gasteiger partial charge in [-0.15, -0.1) is 0 Å². The Kier molecular flexibility index (Phi) is 6.67. The molecule has 1 saturated carbocycles. The van der Waals surface area contributed by atoms with E-state index in [0.29, 0.717) is 46.1 Å². The van der Waals surface area contributed by atoms with Gasteiger partial charge in [0.05, 0.1) is 37.8 Å². The Labute approximate surface area is 188 Å². The van der Waals surface area contributed by atoms with Gasteiger partial charge in [-0.3, -0.25) is 9.78 Å². The van der Waals surface area contributed by atoms with Crippen LogP contribution in [0.15, 0.2) is 18.3 Å². The summed E-state index contributed by atoms with van der Waals surface area (Å²) >= 11 is 0. The summed E-state index contributed by atoms with van der Waals surface area (Å²) in [4.78, 5) is 32.3. The summed E-state index contributed by atoms with van der Waals surface area (Å²) in [7, 11) is 3.18. The fourth-order valence-electron chi connectivity index (χ4n) is 4.36. The van der Waals surface area contributed by atoms with Crippen LogP contribution >= 0.6 is 0 Å². The molecular formula is C24H31N3O5. The summed E-state index contributed by atoms with van der Waals surface area (Å²) < 4.78 is 16.5. The van der Waals surface area contributed by atoms with E-state index < -0.39 is 5.97 Å². The number of nitrogens with one attached hydrogen (secondary N) is 1. The summed E-state index contributed by atoms with van der Waals surface area (Å²) in [6.07, 6.45) is 5.61. The summed E-state index contributed by atoms with van der Waals surface area (Å²) in [5.74, 6) is 1.32. The molecule has 172 valence electrons. The van der Waals surface area contributed by atoms with E-state index in [1.165, 1.54) is 19.0 Å². The van der Waals surface area contributed by atoms with Crippen LogP contribution in [0.3, 0.4) is 0 Å². The lowest BCUT2D eigenvalue weighted by molar-refractivity contribution is -0.125. The fraction of sp³-hybridized carbons (Fsp3) is 0.542. The first kappa shape index (κ1) is 22.2. The number of fused-ring (bicyclic) bond motifs is 1. The van der Waals surface area contributed by atoms with Crippen molar-refractivity contribution in [1.29, 1.82) is 0 Å². The van der Waals surface area contributed by atoms with E-state index in [1.54, 1.807) is 27.2 Å². The number of hydrogen-bond acceptors (Lipinski definition) is 7. The van der Waals surface area contributed by atoms with E-state index in [1.807, 2.05) is 6.07 Å². The van der Waals surface area contributed by atoms with Gasteiger partial charge in [0.1, 0.15) is 22.6 Å². The zero-order valence-corrected chi connectivity index (χ0v) is 19.0. The SMILES string of the molecule is CCOC(=O)c1cnc2c(OC)ccc(OC)c2c1N1CCCC(C(=O)NCC2CC2)C1. The van der Waals surface area contributed by atoms with E-state index in [-0.39, 0.29) is 18.4 Å². The van der Waals surface area contributed by atoms with Crippen molar-refractivity contribution in [3.05, 3.63) is 23.9 Å². The maximum absolute atomic E-state index is 12.9. The quantitative estimate of drug-likeness (QED) is 0.629. The Morgan fingerprint density at radius 1 is 1.16 bits per heavy atom. The third kappa shape index (κ3) is 4.45. The van der Waals surface area contributed by atoms with Crippen molar-refractivity contribution in [1.82, 2.24) is 10.3 Å². The number of piperidine rings is 1. The predicted octanol–water partition coefficient (Wildman–Crippen LogP) is 3.17. The van der Waals surface area contributed by atoms with Gasteiger partial charge in [-0.05, 0) is 50.7 Å². The molecular weight excluding hydrogens is 410 g/mol. The summed E-state index contributed by atoms with van der Waals surface area (Å²) in [5.41, 5.74) is 1.66. The smallest absolute Gasteiger partial charge is 0.341 e. The van der Waals surface area contributed by atoms with Crippen LogP contribution in [0.1, 0.15) is 43.0 Å². The number of pyridine rings is 1. The van der Waals surface area contributed by atoms with Crippen molar-refractivity contribution in [2.75, 3.05) is 45.4 Å². The Balaban J connectivity index is 1.76. The van der Waals surface area contributed by atoms with Crippen LogP contribution < -0.4 is 19.7 Å². The Bertz CT molecular complexity index is 1000. The first-order valence-corrected chi connectivity index (χ1v) is 11.3. The molecule has 32 heavy (non-hydrogen) atoms. The maximum atomic E-state index is 12.9. The Morgan fingerprint density at radius 3 is 2.59 bits per heavy atom. The largest absolute Gasteiger partial charge is 0.496 e. The molecule has 1 aromatic heterocycles. The highest BCUT2D eigenvalue weighted by Gasteiger charge is 2.32. The third-order valence-electron chi connectivity index (χ3n) is 6.22. The van der Waals surface area contributed by atoms with E-state index in [0.717, 1.165) is 25.9 Å². The number of ether oxygens (including phenoxy) is 3. The number of nitrogens with zero attached hydrogens (tertiary/aromatic N) is 2. The number of aromatic nitrogens is 1. The molecule has 1 atom stereocenters. The average Bonchev–Trinajstić information content (AvgIpc) is 3.65. The molecule has 2 fully saturated rings. The lowest BCUT2D eigenvalue weighted by atomic mass is 9.95. The molecule has 1 aliphatic heterocycles. The Hall–Kier alpha value is -3.03. The number of rotatable bonds is 8. The van der Waals surface area contributed by atoms with E-state index in [4.69, 9.17) is 14.2 Å². The molecule has 8 nitrogen and oxygen atoms in total. The standard InChI is InChI=1S/C24H31N3O5/c1-4-32-24(29)17-13-25-21-19(31-3)10-9-18(30-2)20(21)22(17)27-11-5-6-16(14-27)23(28)26-12-15-7-8-15/h9-10,13,15-16H,4-8,11-12,14H2,1-3H3,(H,26,28). The van der Waals surface area contributed by atoms with Gasteiger partial charge in [0.15, 0.2) is 0 Å². The number of carbonyl (C=O) groups is 2. The second-order valence-corrected chi connectivity index (χ2v) is 8.41. The number of hydrogen-bond donors (Lipinski definition) is 1. The van der Waals surface area contributed by atoms with Gasteiger partial charge in [-0.2, -0.15) is 0 Å². The van der Waals surface area contributed by atoms with Gasteiger partial charge < -0.3 is 24.4 Å². The van der Waals surface area contributed by atoms with Crippen molar-refractivity contribution >= 4 is 28.5 Å². The molecule has 1 amide bonds. The van der Waals surface area contributed by atoms with Crippen LogP contribution in [0.25, 0.3) is 10.9 Å². The Morgan fingerprint density at radius 2 is 1.91 bits per heavy atom. The molecule has 1 aromatic carbocycles. The minimum Gasteiger partial charge on any atom is -0.496 e. The van der Waals surface area contributed by atoms with E-state index >= 15 is 0 Å². The van der Waals surface area contributed by atoms with Gasteiger partial charge in [0.2, 0.25) is 5.91 Å². The highest BCUT2D eigenvalue weighted by molar-refractivity contribution is 6.09. The first-order chi connectivity index (χ1) is 15.6. The van der Waals surface area contributed by atoms with Crippen molar-refractivity contribution in [3.8, 4) is 11.5 Å². The molecule has 2 heterocycles. The minimum atomic E-state index is -0.443. The van der Waals surface area contributed by atoms with Crippen LogP contribution in [0.2, 0.25) is 0 Å². The molecule has 2 aromatic rings. The fourth-order valence-corrected chi connectivity index (χ4v) is 4.36. The van der Waals surface area contributed by atoms with Crippen LogP contribution in [0, 0.1) is 11.8 Å². The molecule has 0 radical (unpaired) electrons. The molecule has 1 saturated heterocycles. The number of amides is 1. The summed E-state index contributed by atoms with van der Waals surface area (Å²) in [6, 6.07) is 3.61. The number of anilines is 1. The molecule has 8 heteroatoms. The van der Waals surface area contributed by atoms with Crippen molar-refractivity contribution in [2.24, 2.45) is 11.8 Å².